The highest BCUT2D eigenvalue weighted by Gasteiger charge is 2.35. The molecule has 0 radical (unpaired) electrons. The molecule has 0 amide bonds. The number of ether oxygens (including phenoxy) is 2. The summed E-state index contributed by atoms with van der Waals surface area (Å²) in [5, 5.41) is 0. The lowest BCUT2D eigenvalue weighted by molar-refractivity contribution is -0.137. The van der Waals surface area contributed by atoms with E-state index in [2.05, 4.69) is 29.0 Å². The van der Waals surface area contributed by atoms with Gasteiger partial charge in [-0.2, -0.15) is 13.2 Å². The van der Waals surface area contributed by atoms with Gasteiger partial charge in [0.15, 0.2) is 0 Å². The zero-order chi connectivity index (χ0) is 24.1. The van der Waals surface area contributed by atoms with Crippen molar-refractivity contribution in [2.45, 2.75) is 57.5 Å². The van der Waals surface area contributed by atoms with Crippen LogP contribution in [0.15, 0.2) is 48.5 Å². The molecule has 0 atom stereocenters. The smallest absolute Gasteiger partial charge is 0.416 e. The van der Waals surface area contributed by atoms with E-state index >= 15 is 0 Å². The largest absolute Gasteiger partial charge is 0.491 e. The predicted octanol–water partition coefficient (Wildman–Crippen LogP) is 6.84. The molecule has 3 rings (SSSR count). The Morgan fingerprint density at radius 1 is 0.971 bits per heavy atom. The minimum absolute atomic E-state index is 0. The second-order valence-corrected chi connectivity index (χ2v) is 9.19. The number of methoxy groups -OCH3 is 1. The molecular weight excluding hydrogens is 500 g/mol. The van der Waals surface area contributed by atoms with Gasteiger partial charge in [-0.1, -0.05) is 12.1 Å². The molecule has 0 saturated carbocycles. The highest BCUT2D eigenvalue weighted by Crippen LogP contribution is 2.32. The molecule has 1 heterocycles. The highest BCUT2D eigenvalue weighted by atomic mass is 35.5. The Morgan fingerprint density at radius 2 is 1.54 bits per heavy atom. The molecule has 0 aliphatic carbocycles. The number of benzene rings is 2. The summed E-state index contributed by atoms with van der Waals surface area (Å²) >= 11 is 0. The third-order valence-corrected chi connectivity index (χ3v) is 6.44. The summed E-state index contributed by atoms with van der Waals surface area (Å²) in [6.45, 7) is 7.28. The third-order valence-electron chi connectivity index (χ3n) is 6.44. The Hall–Kier alpha value is -1.67. The van der Waals surface area contributed by atoms with Gasteiger partial charge >= 0.3 is 6.18 Å². The van der Waals surface area contributed by atoms with E-state index in [0.717, 1.165) is 68.0 Å². The standard InChI is InChI=1S/C26H35F3N2O2.2ClH/c1-20(2)33-24-11-9-23(10-12-24)30(3)16-13-25(32-4)14-17-31(18-15-25)19-21-5-7-22(8-6-21)26(27,28)29;;/h5-12,20H,13-19H2,1-4H3;2*1H. The summed E-state index contributed by atoms with van der Waals surface area (Å²) in [6, 6.07) is 13.6. The van der Waals surface area contributed by atoms with Crippen LogP contribution < -0.4 is 9.64 Å². The van der Waals surface area contributed by atoms with Crippen LogP contribution in [0.4, 0.5) is 18.9 Å². The molecule has 35 heavy (non-hydrogen) atoms. The fraction of sp³-hybridized carbons (Fsp3) is 0.538. The van der Waals surface area contributed by atoms with Crippen LogP contribution in [-0.4, -0.2) is 50.4 Å². The molecular formula is C26H37Cl2F3N2O2. The summed E-state index contributed by atoms with van der Waals surface area (Å²) < 4.78 is 50.0. The van der Waals surface area contributed by atoms with E-state index in [1.165, 1.54) is 0 Å². The van der Waals surface area contributed by atoms with Crippen LogP contribution in [0.5, 0.6) is 5.75 Å². The van der Waals surface area contributed by atoms with Gasteiger partial charge in [-0.25, -0.2) is 0 Å². The maximum absolute atomic E-state index is 12.8. The minimum Gasteiger partial charge on any atom is -0.491 e. The number of halogens is 5. The van der Waals surface area contributed by atoms with E-state index in [1.54, 1.807) is 19.2 Å². The number of likely N-dealkylation sites (tertiary alicyclic amines) is 1. The monoisotopic (exact) mass is 536 g/mol. The Morgan fingerprint density at radius 3 is 2.03 bits per heavy atom. The summed E-state index contributed by atoms with van der Waals surface area (Å²) in [4.78, 5) is 4.52. The van der Waals surface area contributed by atoms with Crippen molar-refractivity contribution < 1.29 is 22.6 Å². The Kier molecular flexibility index (Phi) is 12.2. The van der Waals surface area contributed by atoms with E-state index in [-0.39, 0.29) is 36.5 Å². The van der Waals surface area contributed by atoms with Gasteiger partial charge in [0.25, 0.3) is 0 Å². The topological polar surface area (TPSA) is 24.9 Å². The van der Waals surface area contributed by atoms with Crippen molar-refractivity contribution in [2.75, 3.05) is 38.7 Å². The quantitative estimate of drug-likeness (QED) is 0.350. The number of piperidine rings is 1. The molecule has 2 aromatic carbocycles. The zero-order valence-electron chi connectivity index (χ0n) is 20.8. The van der Waals surface area contributed by atoms with Crippen molar-refractivity contribution in [3.63, 3.8) is 0 Å². The first-order valence-corrected chi connectivity index (χ1v) is 11.5. The van der Waals surface area contributed by atoms with Crippen molar-refractivity contribution in [2.24, 2.45) is 0 Å². The molecule has 0 spiro atoms. The molecule has 1 aliphatic heterocycles. The number of alkyl halides is 3. The van der Waals surface area contributed by atoms with Crippen LogP contribution in [0.2, 0.25) is 0 Å². The lowest BCUT2D eigenvalue weighted by Crippen LogP contribution is -2.46. The number of anilines is 1. The summed E-state index contributed by atoms with van der Waals surface area (Å²) in [7, 11) is 3.87. The van der Waals surface area contributed by atoms with Gasteiger partial charge in [-0.15, -0.1) is 24.8 Å². The van der Waals surface area contributed by atoms with Gasteiger partial charge in [0, 0.05) is 46.0 Å². The third kappa shape index (κ3) is 9.05. The molecule has 198 valence electrons. The van der Waals surface area contributed by atoms with Gasteiger partial charge in [0.1, 0.15) is 5.75 Å². The van der Waals surface area contributed by atoms with Gasteiger partial charge in [0.05, 0.1) is 17.3 Å². The SMILES string of the molecule is COC1(CCN(C)c2ccc(OC(C)C)cc2)CCN(Cc2ccc(C(F)(F)F)cc2)CC1.Cl.Cl. The van der Waals surface area contributed by atoms with Crippen LogP contribution in [0.1, 0.15) is 44.2 Å². The molecule has 1 aliphatic rings. The minimum atomic E-state index is -4.29. The van der Waals surface area contributed by atoms with Crippen molar-refractivity contribution in [1.82, 2.24) is 4.90 Å². The zero-order valence-corrected chi connectivity index (χ0v) is 22.4. The molecule has 9 heteroatoms. The molecule has 4 nitrogen and oxygen atoms in total. The maximum Gasteiger partial charge on any atom is 0.416 e. The fourth-order valence-corrected chi connectivity index (χ4v) is 4.28. The van der Waals surface area contributed by atoms with Crippen molar-refractivity contribution >= 4 is 30.5 Å². The van der Waals surface area contributed by atoms with Gasteiger partial charge in [-0.05, 0) is 75.1 Å². The van der Waals surface area contributed by atoms with Crippen LogP contribution in [0.3, 0.4) is 0 Å². The second-order valence-electron chi connectivity index (χ2n) is 9.19. The molecule has 0 aromatic heterocycles. The van der Waals surface area contributed by atoms with Crippen molar-refractivity contribution in [3.05, 3.63) is 59.7 Å². The van der Waals surface area contributed by atoms with Gasteiger partial charge < -0.3 is 14.4 Å². The van der Waals surface area contributed by atoms with E-state index in [9.17, 15) is 13.2 Å². The highest BCUT2D eigenvalue weighted by molar-refractivity contribution is 5.85. The molecule has 1 fully saturated rings. The first kappa shape index (κ1) is 31.4. The van der Waals surface area contributed by atoms with E-state index < -0.39 is 11.7 Å². The predicted molar refractivity (Wildman–Crippen MR) is 140 cm³/mol. The molecule has 0 unspecified atom stereocenters. The second kappa shape index (κ2) is 13.6. The van der Waals surface area contributed by atoms with Crippen LogP contribution in [0.25, 0.3) is 0 Å². The van der Waals surface area contributed by atoms with Gasteiger partial charge in [-0.3, -0.25) is 4.90 Å². The van der Waals surface area contributed by atoms with E-state index in [0.29, 0.717) is 6.54 Å². The van der Waals surface area contributed by atoms with E-state index in [4.69, 9.17) is 9.47 Å². The summed E-state index contributed by atoms with van der Waals surface area (Å²) in [5.41, 5.74) is 1.26. The maximum atomic E-state index is 12.8. The lowest BCUT2D eigenvalue weighted by Gasteiger charge is -2.42. The summed E-state index contributed by atoms with van der Waals surface area (Å²) in [6.07, 6.45) is -1.42. The van der Waals surface area contributed by atoms with Crippen LogP contribution in [-0.2, 0) is 17.5 Å². The van der Waals surface area contributed by atoms with Crippen LogP contribution in [0, 0.1) is 0 Å². The number of hydrogen-bond acceptors (Lipinski definition) is 4. The van der Waals surface area contributed by atoms with Gasteiger partial charge in [0.2, 0.25) is 0 Å². The number of hydrogen-bond donors (Lipinski definition) is 0. The van der Waals surface area contributed by atoms with Crippen LogP contribution >= 0.6 is 24.8 Å². The average molecular weight is 537 g/mol. The Bertz CT molecular complexity index is 870. The van der Waals surface area contributed by atoms with E-state index in [1.807, 2.05) is 26.0 Å². The number of nitrogens with zero attached hydrogens (tertiary/aromatic N) is 2. The molecule has 0 bridgehead atoms. The molecule has 0 N–H and O–H groups in total. The normalized spacial score (nSPS) is 15.8. The lowest BCUT2D eigenvalue weighted by atomic mass is 9.87. The summed E-state index contributed by atoms with van der Waals surface area (Å²) in [5.74, 6) is 0.871. The fourth-order valence-electron chi connectivity index (χ4n) is 4.28. The number of rotatable bonds is 9. The average Bonchev–Trinajstić information content (AvgIpc) is 2.78. The molecule has 2 aromatic rings. The Labute approximate surface area is 219 Å². The Balaban J connectivity index is 0.00000306. The first-order chi connectivity index (χ1) is 15.6. The molecule has 1 saturated heterocycles. The first-order valence-electron chi connectivity index (χ1n) is 11.5. The van der Waals surface area contributed by atoms with Crippen molar-refractivity contribution in [3.8, 4) is 5.75 Å². The van der Waals surface area contributed by atoms with Crippen molar-refractivity contribution in [1.29, 1.82) is 0 Å².